The van der Waals surface area contributed by atoms with Gasteiger partial charge in [-0.1, -0.05) is 30.3 Å². The summed E-state index contributed by atoms with van der Waals surface area (Å²) in [5.41, 5.74) is 2.56. The highest BCUT2D eigenvalue weighted by Gasteiger charge is 2.39. The third-order valence-electron chi connectivity index (χ3n) is 4.86. The van der Waals surface area contributed by atoms with Gasteiger partial charge in [-0.2, -0.15) is 0 Å². The first-order valence-corrected chi connectivity index (χ1v) is 8.51. The normalized spacial score (nSPS) is 19.1. The number of methoxy groups -OCH3 is 2. The van der Waals surface area contributed by atoms with Crippen molar-refractivity contribution in [2.75, 3.05) is 14.2 Å². The lowest BCUT2D eigenvalue weighted by Gasteiger charge is -2.31. The van der Waals surface area contributed by atoms with Crippen molar-refractivity contribution in [3.63, 3.8) is 0 Å². The number of Topliss-reactive ketones (excluding diaryl/α,β-unsaturated/α-hetero) is 1. The molecule has 0 aliphatic heterocycles. The molecule has 4 heteroatoms. The van der Waals surface area contributed by atoms with Gasteiger partial charge in [0, 0.05) is 27.8 Å². The molecule has 126 valence electrons. The van der Waals surface area contributed by atoms with Crippen LogP contribution in [0, 0.1) is 0 Å². The topological polar surface area (TPSA) is 35.5 Å². The molecule has 2 atom stereocenters. The third-order valence-corrected chi connectivity index (χ3v) is 5.31. The molecule has 1 aliphatic carbocycles. The minimum absolute atomic E-state index is 0.0658. The van der Waals surface area contributed by atoms with Crippen LogP contribution in [0.2, 0.25) is 0 Å². The van der Waals surface area contributed by atoms with Gasteiger partial charge >= 0.3 is 0 Å². The number of carbonyl (C=O) groups is 1. The Morgan fingerprint density at radius 1 is 0.880 bits per heavy atom. The van der Waals surface area contributed by atoms with Gasteiger partial charge in [-0.3, -0.25) is 4.79 Å². The van der Waals surface area contributed by atoms with Crippen LogP contribution >= 0.6 is 11.6 Å². The molecule has 3 nitrogen and oxygen atoms in total. The minimum Gasteiger partial charge on any atom is -0.496 e. The first-order valence-electron chi connectivity index (χ1n) is 8.08. The van der Waals surface area contributed by atoms with Crippen LogP contribution in [0.4, 0.5) is 0 Å². The molecule has 0 bridgehead atoms. The summed E-state index contributed by atoms with van der Waals surface area (Å²) in [5, 5.41) is 1.09. The zero-order valence-corrected chi connectivity index (χ0v) is 14.7. The molecule has 1 aliphatic rings. The first-order chi connectivity index (χ1) is 12.2. The molecule has 3 aromatic rings. The molecule has 0 radical (unpaired) electrons. The summed E-state index contributed by atoms with van der Waals surface area (Å²) in [7, 11) is 3.27. The van der Waals surface area contributed by atoms with E-state index in [0.29, 0.717) is 5.56 Å². The monoisotopic (exact) mass is 352 g/mol. The van der Waals surface area contributed by atoms with E-state index in [9.17, 15) is 4.79 Å². The highest BCUT2D eigenvalue weighted by atomic mass is 35.5. The van der Waals surface area contributed by atoms with Gasteiger partial charge in [0.1, 0.15) is 16.9 Å². The van der Waals surface area contributed by atoms with Crippen molar-refractivity contribution >= 4 is 28.2 Å². The zero-order chi connectivity index (χ0) is 17.6. The van der Waals surface area contributed by atoms with Crippen LogP contribution in [0.3, 0.4) is 0 Å². The number of carbonyl (C=O) groups excluding carboxylic acids is 1. The van der Waals surface area contributed by atoms with E-state index in [1.165, 1.54) is 0 Å². The smallest absolute Gasteiger partial charge is 0.182 e. The van der Waals surface area contributed by atoms with E-state index in [1.807, 2.05) is 48.5 Å². The van der Waals surface area contributed by atoms with Gasteiger partial charge in [0.15, 0.2) is 5.78 Å². The van der Waals surface area contributed by atoms with E-state index in [2.05, 4.69) is 0 Å². The molecule has 0 fully saturated rings. The standard InChI is InChI=1S/C21H17ClO3/c1-24-15-10-9-14-18-13(15)8-11-16(25-2)19(18)17(20(22)21(14)23)12-6-4-3-5-7-12/h3-11,17,20H,1-2H3/t17-,20+/m1/s1. The van der Waals surface area contributed by atoms with Crippen LogP contribution in [-0.4, -0.2) is 25.4 Å². The van der Waals surface area contributed by atoms with Gasteiger partial charge in [0.25, 0.3) is 0 Å². The second kappa shape index (κ2) is 6.08. The lowest BCUT2D eigenvalue weighted by Crippen LogP contribution is -2.29. The van der Waals surface area contributed by atoms with Crippen LogP contribution in [-0.2, 0) is 0 Å². The van der Waals surface area contributed by atoms with E-state index < -0.39 is 5.38 Å². The van der Waals surface area contributed by atoms with Crippen molar-refractivity contribution in [1.82, 2.24) is 0 Å². The molecule has 3 aromatic carbocycles. The molecule has 0 unspecified atom stereocenters. The SMILES string of the molecule is COc1ccc2c(OC)ccc3c2c1[C@@H](c1ccccc1)[C@H](Cl)C3=O. The molecule has 0 N–H and O–H groups in total. The number of benzene rings is 3. The second-order valence-electron chi connectivity index (χ2n) is 6.07. The summed E-state index contributed by atoms with van der Waals surface area (Å²) in [4.78, 5) is 13.0. The van der Waals surface area contributed by atoms with Crippen LogP contribution in [0.25, 0.3) is 10.8 Å². The van der Waals surface area contributed by atoms with Crippen molar-refractivity contribution in [3.8, 4) is 11.5 Å². The molecule has 0 spiro atoms. The Labute approximate surface area is 151 Å². The third kappa shape index (κ3) is 2.30. The lowest BCUT2D eigenvalue weighted by atomic mass is 9.76. The van der Waals surface area contributed by atoms with Crippen molar-refractivity contribution in [2.45, 2.75) is 11.3 Å². The number of alkyl halides is 1. The summed E-state index contributed by atoms with van der Waals surface area (Å²) in [6.45, 7) is 0. The maximum atomic E-state index is 13.0. The lowest BCUT2D eigenvalue weighted by molar-refractivity contribution is 0.0980. The summed E-state index contributed by atoms with van der Waals surface area (Å²) < 4.78 is 11.1. The Morgan fingerprint density at radius 3 is 2.24 bits per heavy atom. The Kier molecular flexibility index (Phi) is 3.89. The van der Waals surface area contributed by atoms with Crippen molar-refractivity contribution in [3.05, 3.63) is 71.3 Å². The Hall–Kier alpha value is -2.52. The number of hydrogen-bond donors (Lipinski definition) is 0. The number of halogens is 1. The highest BCUT2D eigenvalue weighted by molar-refractivity contribution is 6.37. The van der Waals surface area contributed by atoms with E-state index in [-0.39, 0.29) is 11.7 Å². The van der Waals surface area contributed by atoms with Crippen molar-refractivity contribution < 1.29 is 14.3 Å². The van der Waals surface area contributed by atoms with Gasteiger partial charge in [0.2, 0.25) is 0 Å². The summed E-state index contributed by atoms with van der Waals surface area (Å²) >= 11 is 6.65. The molecule has 0 saturated heterocycles. The number of rotatable bonds is 3. The minimum atomic E-state index is -0.678. The summed E-state index contributed by atoms with van der Waals surface area (Å²) in [6.07, 6.45) is 0. The highest BCUT2D eigenvalue weighted by Crippen LogP contribution is 2.48. The Bertz CT molecular complexity index is 966. The molecule has 4 rings (SSSR count). The van der Waals surface area contributed by atoms with Crippen LogP contribution in [0.15, 0.2) is 54.6 Å². The Morgan fingerprint density at radius 2 is 1.56 bits per heavy atom. The van der Waals surface area contributed by atoms with Gasteiger partial charge in [0.05, 0.1) is 14.2 Å². The molecule has 0 amide bonds. The number of ketones is 1. The van der Waals surface area contributed by atoms with Gasteiger partial charge in [-0.05, 0) is 29.8 Å². The van der Waals surface area contributed by atoms with E-state index in [4.69, 9.17) is 21.1 Å². The van der Waals surface area contributed by atoms with Crippen LogP contribution < -0.4 is 9.47 Å². The molecular weight excluding hydrogens is 336 g/mol. The fourth-order valence-electron chi connectivity index (χ4n) is 3.74. The molecule has 25 heavy (non-hydrogen) atoms. The van der Waals surface area contributed by atoms with Crippen LogP contribution in [0.1, 0.15) is 27.4 Å². The van der Waals surface area contributed by atoms with Gasteiger partial charge in [-0.15, -0.1) is 11.6 Å². The maximum absolute atomic E-state index is 13.0. The number of hydrogen-bond acceptors (Lipinski definition) is 3. The predicted molar refractivity (Wildman–Crippen MR) is 99.3 cm³/mol. The molecule has 0 aromatic heterocycles. The average Bonchev–Trinajstić information content (AvgIpc) is 2.66. The quantitative estimate of drug-likeness (QED) is 0.635. The Balaban J connectivity index is 2.13. The molecule has 0 heterocycles. The first kappa shape index (κ1) is 16.0. The molecular formula is C21H17ClO3. The second-order valence-corrected chi connectivity index (χ2v) is 6.54. The fourth-order valence-corrected chi connectivity index (χ4v) is 4.13. The largest absolute Gasteiger partial charge is 0.496 e. The van der Waals surface area contributed by atoms with Gasteiger partial charge < -0.3 is 9.47 Å². The average molecular weight is 353 g/mol. The van der Waals surface area contributed by atoms with Gasteiger partial charge in [-0.25, -0.2) is 0 Å². The maximum Gasteiger partial charge on any atom is 0.182 e. The predicted octanol–water partition coefficient (Wildman–Crippen LogP) is 4.79. The fraction of sp³-hybridized carbons (Fsp3) is 0.190. The van der Waals surface area contributed by atoms with Crippen molar-refractivity contribution in [1.29, 1.82) is 0 Å². The number of ether oxygens (including phenoxy) is 2. The van der Waals surface area contributed by atoms with Crippen molar-refractivity contribution in [2.24, 2.45) is 0 Å². The van der Waals surface area contributed by atoms with E-state index in [0.717, 1.165) is 33.4 Å². The summed E-state index contributed by atoms with van der Waals surface area (Å²) in [6, 6.07) is 17.3. The van der Waals surface area contributed by atoms with E-state index in [1.54, 1.807) is 20.3 Å². The molecule has 0 saturated carbocycles. The summed E-state index contributed by atoms with van der Waals surface area (Å²) in [5.74, 6) is 1.13. The van der Waals surface area contributed by atoms with E-state index >= 15 is 0 Å². The van der Waals surface area contributed by atoms with Crippen LogP contribution in [0.5, 0.6) is 11.5 Å². The zero-order valence-electron chi connectivity index (χ0n) is 14.0.